The van der Waals surface area contributed by atoms with Gasteiger partial charge in [0.1, 0.15) is 6.04 Å². The van der Waals surface area contributed by atoms with Crippen LogP contribution < -0.4 is 16.0 Å². The third kappa shape index (κ3) is 3.89. The molecule has 21 heavy (non-hydrogen) atoms. The van der Waals surface area contributed by atoms with E-state index < -0.39 is 0 Å². The Morgan fingerprint density at radius 2 is 2.29 bits per heavy atom. The molecule has 4 nitrogen and oxygen atoms in total. The lowest BCUT2D eigenvalue weighted by Crippen LogP contribution is -2.41. The van der Waals surface area contributed by atoms with E-state index in [4.69, 9.17) is 17.3 Å². The molecule has 0 bridgehead atoms. The van der Waals surface area contributed by atoms with E-state index in [0.717, 1.165) is 43.7 Å². The molecule has 1 heterocycles. The van der Waals surface area contributed by atoms with Crippen LogP contribution in [0.1, 0.15) is 32.3 Å². The molecule has 1 atom stereocenters. The number of nitrogens with zero attached hydrogens (tertiary/aromatic N) is 1. The van der Waals surface area contributed by atoms with Crippen LogP contribution in [0.3, 0.4) is 0 Å². The standard InChI is InChI=1S/C16H24ClN3O/c1-11(2)9-19-10-12-5-3-6-13(17)15(12)20-8-4-7-14(20)16(18)21/h3,5-6,11,14,19H,4,7-10H2,1-2H3,(H2,18,21). The summed E-state index contributed by atoms with van der Waals surface area (Å²) in [4.78, 5) is 13.7. The maximum atomic E-state index is 11.6. The van der Waals surface area contributed by atoms with Gasteiger partial charge in [0, 0.05) is 13.1 Å². The van der Waals surface area contributed by atoms with Gasteiger partial charge < -0.3 is 16.0 Å². The largest absolute Gasteiger partial charge is 0.368 e. The van der Waals surface area contributed by atoms with Gasteiger partial charge >= 0.3 is 0 Å². The van der Waals surface area contributed by atoms with Crippen LogP contribution >= 0.6 is 11.6 Å². The molecule has 1 saturated heterocycles. The first-order valence-corrected chi connectivity index (χ1v) is 7.92. The predicted octanol–water partition coefficient (Wildman–Crippen LogP) is 2.54. The second kappa shape index (κ2) is 7.14. The molecular weight excluding hydrogens is 286 g/mol. The fraction of sp³-hybridized carbons (Fsp3) is 0.562. The fourth-order valence-corrected chi connectivity index (χ4v) is 3.15. The number of nitrogens with two attached hydrogens (primary N) is 1. The number of nitrogens with one attached hydrogen (secondary N) is 1. The molecule has 5 heteroatoms. The Labute approximate surface area is 131 Å². The van der Waals surface area contributed by atoms with Crippen LogP contribution in [0, 0.1) is 5.92 Å². The van der Waals surface area contributed by atoms with E-state index in [9.17, 15) is 4.79 Å². The highest BCUT2D eigenvalue weighted by Crippen LogP contribution is 2.35. The predicted molar refractivity (Wildman–Crippen MR) is 87.6 cm³/mol. The van der Waals surface area contributed by atoms with Gasteiger partial charge in [-0.05, 0) is 36.9 Å². The Bertz CT molecular complexity index is 504. The first-order chi connectivity index (χ1) is 10.0. The van der Waals surface area contributed by atoms with Gasteiger partial charge in [-0.1, -0.05) is 37.6 Å². The van der Waals surface area contributed by atoms with Crippen LogP contribution in [0.25, 0.3) is 0 Å². The Hall–Kier alpha value is -1.26. The number of amides is 1. The second-order valence-corrected chi connectivity index (χ2v) is 6.43. The number of primary amides is 1. The summed E-state index contributed by atoms with van der Waals surface area (Å²) in [6.07, 6.45) is 1.77. The van der Waals surface area contributed by atoms with Crippen molar-refractivity contribution in [3.05, 3.63) is 28.8 Å². The smallest absolute Gasteiger partial charge is 0.240 e. The van der Waals surface area contributed by atoms with E-state index >= 15 is 0 Å². The van der Waals surface area contributed by atoms with Gasteiger partial charge in [0.2, 0.25) is 5.91 Å². The van der Waals surface area contributed by atoms with Crippen LogP contribution in [0.5, 0.6) is 0 Å². The molecule has 1 aliphatic heterocycles. The highest BCUT2D eigenvalue weighted by atomic mass is 35.5. The summed E-state index contributed by atoms with van der Waals surface area (Å²) < 4.78 is 0. The number of hydrogen-bond donors (Lipinski definition) is 2. The number of anilines is 1. The van der Waals surface area contributed by atoms with E-state index in [1.54, 1.807) is 0 Å². The average molecular weight is 310 g/mol. The SMILES string of the molecule is CC(C)CNCc1cccc(Cl)c1N1CCCC1C(N)=O. The first-order valence-electron chi connectivity index (χ1n) is 7.54. The normalized spacial score (nSPS) is 18.5. The van der Waals surface area contributed by atoms with Gasteiger partial charge in [0.25, 0.3) is 0 Å². The summed E-state index contributed by atoms with van der Waals surface area (Å²) in [6, 6.07) is 5.64. The van der Waals surface area contributed by atoms with Gasteiger partial charge in [0.15, 0.2) is 0 Å². The summed E-state index contributed by atoms with van der Waals surface area (Å²) in [7, 11) is 0. The fourth-order valence-electron chi connectivity index (χ4n) is 2.85. The molecule has 1 amide bonds. The molecule has 1 unspecified atom stereocenters. The van der Waals surface area contributed by atoms with Gasteiger partial charge in [0.05, 0.1) is 10.7 Å². The van der Waals surface area contributed by atoms with E-state index in [0.29, 0.717) is 10.9 Å². The number of benzene rings is 1. The molecule has 0 saturated carbocycles. The third-order valence-corrected chi connectivity index (χ3v) is 4.11. The maximum Gasteiger partial charge on any atom is 0.240 e. The summed E-state index contributed by atoms with van der Waals surface area (Å²) in [5.74, 6) is 0.325. The van der Waals surface area contributed by atoms with Crippen molar-refractivity contribution in [3.8, 4) is 0 Å². The molecule has 0 aromatic heterocycles. The maximum absolute atomic E-state index is 11.6. The lowest BCUT2D eigenvalue weighted by Gasteiger charge is -2.28. The van der Waals surface area contributed by atoms with Crippen molar-refractivity contribution in [3.63, 3.8) is 0 Å². The molecule has 2 rings (SSSR count). The van der Waals surface area contributed by atoms with Crippen molar-refractivity contribution < 1.29 is 4.79 Å². The highest BCUT2D eigenvalue weighted by molar-refractivity contribution is 6.33. The van der Waals surface area contributed by atoms with Crippen LogP contribution in [0.4, 0.5) is 5.69 Å². The van der Waals surface area contributed by atoms with Gasteiger partial charge in [-0.3, -0.25) is 4.79 Å². The third-order valence-electron chi connectivity index (χ3n) is 3.81. The van der Waals surface area contributed by atoms with Crippen LogP contribution in [-0.2, 0) is 11.3 Å². The lowest BCUT2D eigenvalue weighted by molar-refractivity contribution is -0.119. The van der Waals surface area contributed by atoms with Crippen molar-refractivity contribution in [1.29, 1.82) is 0 Å². The minimum absolute atomic E-state index is 0.242. The van der Waals surface area contributed by atoms with Crippen molar-refractivity contribution in [2.45, 2.75) is 39.3 Å². The van der Waals surface area contributed by atoms with Crippen LogP contribution in [-0.4, -0.2) is 25.0 Å². The minimum atomic E-state index is -0.270. The topological polar surface area (TPSA) is 58.4 Å². The highest BCUT2D eigenvalue weighted by Gasteiger charge is 2.31. The zero-order chi connectivity index (χ0) is 15.4. The number of hydrogen-bond acceptors (Lipinski definition) is 3. The molecule has 0 radical (unpaired) electrons. The quantitative estimate of drug-likeness (QED) is 0.849. The lowest BCUT2D eigenvalue weighted by atomic mass is 10.1. The molecule has 116 valence electrons. The molecule has 0 aliphatic carbocycles. The number of rotatable bonds is 6. The van der Waals surface area contributed by atoms with E-state index in [-0.39, 0.29) is 11.9 Å². The van der Waals surface area contributed by atoms with E-state index in [1.807, 2.05) is 12.1 Å². The van der Waals surface area contributed by atoms with Crippen molar-refractivity contribution >= 4 is 23.2 Å². The minimum Gasteiger partial charge on any atom is -0.368 e. The number of carbonyl (C=O) groups is 1. The zero-order valence-corrected chi connectivity index (χ0v) is 13.5. The van der Waals surface area contributed by atoms with Crippen molar-refractivity contribution in [1.82, 2.24) is 5.32 Å². The monoisotopic (exact) mass is 309 g/mol. The summed E-state index contributed by atoms with van der Waals surface area (Å²) >= 11 is 6.40. The van der Waals surface area contributed by atoms with Gasteiger partial charge in [-0.2, -0.15) is 0 Å². The molecular formula is C16H24ClN3O. The van der Waals surface area contributed by atoms with Crippen LogP contribution in [0.2, 0.25) is 5.02 Å². The summed E-state index contributed by atoms with van der Waals surface area (Å²) in [5.41, 5.74) is 7.60. The summed E-state index contributed by atoms with van der Waals surface area (Å²) in [5, 5.41) is 4.12. The van der Waals surface area contributed by atoms with Crippen molar-refractivity contribution in [2.24, 2.45) is 11.7 Å². The number of para-hydroxylation sites is 1. The number of carbonyl (C=O) groups excluding carboxylic acids is 1. The molecule has 0 spiro atoms. The summed E-state index contributed by atoms with van der Waals surface area (Å²) in [6.45, 7) is 6.88. The van der Waals surface area contributed by atoms with E-state index in [1.165, 1.54) is 0 Å². The average Bonchev–Trinajstić information content (AvgIpc) is 2.87. The van der Waals surface area contributed by atoms with Gasteiger partial charge in [-0.15, -0.1) is 0 Å². The molecule has 1 aromatic rings. The Kier molecular flexibility index (Phi) is 5.48. The number of halogens is 1. The Morgan fingerprint density at radius 1 is 1.52 bits per heavy atom. The van der Waals surface area contributed by atoms with Gasteiger partial charge in [-0.25, -0.2) is 0 Å². The molecule has 1 aliphatic rings. The Balaban J connectivity index is 2.23. The molecule has 1 aromatic carbocycles. The van der Waals surface area contributed by atoms with E-state index in [2.05, 4.69) is 30.1 Å². The molecule has 1 fully saturated rings. The first kappa shape index (κ1) is 16.1. The zero-order valence-electron chi connectivity index (χ0n) is 12.7. The molecule has 3 N–H and O–H groups in total. The Morgan fingerprint density at radius 3 is 2.95 bits per heavy atom. The van der Waals surface area contributed by atoms with Crippen molar-refractivity contribution in [2.75, 3.05) is 18.0 Å². The second-order valence-electron chi connectivity index (χ2n) is 6.03. The van der Waals surface area contributed by atoms with Crippen LogP contribution in [0.15, 0.2) is 18.2 Å².